The molecule has 0 bridgehead atoms. The fraction of sp³-hybridized carbons (Fsp3) is 0.385. The Kier molecular flexibility index (Phi) is 5.79. The van der Waals surface area contributed by atoms with Gasteiger partial charge in [-0.05, 0) is 25.1 Å². The predicted octanol–water partition coefficient (Wildman–Crippen LogP) is 1.59. The average Bonchev–Trinajstić information content (AvgIpc) is 2.41. The first-order valence-corrected chi connectivity index (χ1v) is 6.10. The number of carbonyl (C=O) groups excluding carboxylic acids is 1. The number of anilines is 1. The first kappa shape index (κ1) is 15.8. The van der Waals surface area contributed by atoms with E-state index in [0.29, 0.717) is 19.7 Å². The molecule has 7 heteroatoms. The fourth-order valence-corrected chi connectivity index (χ4v) is 1.57. The number of likely N-dealkylation sites (N-methyl/N-ethyl adjacent to an activating group) is 1. The second kappa shape index (κ2) is 7.34. The number of benzene rings is 1. The number of carboxylic acid groups (broad SMARTS) is 1. The molecule has 0 radical (unpaired) electrons. The number of nitrogens with one attached hydrogen (secondary N) is 1. The summed E-state index contributed by atoms with van der Waals surface area (Å²) in [7, 11) is 1.54. The van der Waals surface area contributed by atoms with Gasteiger partial charge in [-0.15, -0.1) is 0 Å². The van der Waals surface area contributed by atoms with Crippen LogP contribution < -0.4 is 5.32 Å². The number of phenols is 1. The van der Waals surface area contributed by atoms with Crippen LogP contribution in [0.4, 0.5) is 10.5 Å². The smallest absolute Gasteiger partial charge is 0.335 e. The van der Waals surface area contributed by atoms with Gasteiger partial charge in [0.05, 0.1) is 17.9 Å². The summed E-state index contributed by atoms with van der Waals surface area (Å²) < 4.78 is 4.90. The number of rotatable bonds is 6. The topological polar surface area (TPSA) is 99.1 Å². The Labute approximate surface area is 116 Å². The maximum atomic E-state index is 12.0. The molecule has 0 fully saturated rings. The van der Waals surface area contributed by atoms with Gasteiger partial charge in [0.1, 0.15) is 5.75 Å². The number of carboxylic acids is 1. The summed E-state index contributed by atoms with van der Waals surface area (Å²) in [6, 6.07) is 3.36. The number of ether oxygens (including phenoxy) is 1. The molecular weight excluding hydrogens is 264 g/mol. The number of carbonyl (C=O) groups is 2. The molecule has 0 saturated carbocycles. The highest BCUT2D eigenvalue weighted by molar-refractivity contribution is 5.93. The lowest BCUT2D eigenvalue weighted by atomic mass is 10.2. The van der Waals surface area contributed by atoms with Gasteiger partial charge in [-0.2, -0.15) is 0 Å². The van der Waals surface area contributed by atoms with Crippen molar-refractivity contribution in [3.8, 4) is 5.75 Å². The van der Waals surface area contributed by atoms with Crippen LogP contribution in [-0.2, 0) is 4.74 Å². The normalized spacial score (nSPS) is 10.1. The van der Waals surface area contributed by atoms with E-state index >= 15 is 0 Å². The molecule has 0 saturated heterocycles. The Morgan fingerprint density at radius 3 is 2.60 bits per heavy atom. The van der Waals surface area contributed by atoms with Crippen LogP contribution in [0.2, 0.25) is 0 Å². The largest absolute Gasteiger partial charge is 0.506 e. The van der Waals surface area contributed by atoms with Crippen molar-refractivity contribution in [2.75, 3.05) is 32.1 Å². The summed E-state index contributed by atoms with van der Waals surface area (Å²) in [5, 5.41) is 21.0. The van der Waals surface area contributed by atoms with Crippen molar-refractivity contribution in [1.82, 2.24) is 4.90 Å². The van der Waals surface area contributed by atoms with E-state index in [1.165, 1.54) is 17.0 Å². The van der Waals surface area contributed by atoms with E-state index in [0.717, 1.165) is 6.07 Å². The van der Waals surface area contributed by atoms with Gasteiger partial charge >= 0.3 is 12.0 Å². The zero-order valence-electron chi connectivity index (χ0n) is 11.4. The predicted molar refractivity (Wildman–Crippen MR) is 73.2 cm³/mol. The Morgan fingerprint density at radius 1 is 1.40 bits per heavy atom. The molecule has 0 aliphatic heterocycles. The minimum atomic E-state index is -1.14. The van der Waals surface area contributed by atoms with Crippen molar-refractivity contribution in [1.29, 1.82) is 0 Å². The molecule has 3 N–H and O–H groups in total. The van der Waals surface area contributed by atoms with Crippen molar-refractivity contribution in [2.24, 2.45) is 0 Å². The quantitative estimate of drug-likeness (QED) is 0.688. The van der Waals surface area contributed by atoms with Crippen molar-refractivity contribution in [2.45, 2.75) is 6.92 Å². The van der Waals surface area contributed by atoms with Crippen LogP contribution >= 0.6 is 0 Å². The molecule has 1 aromatic carbocycles. The number of aromatic hydroxyl groups is 1. The van der Waals surface area contributed by atoms with E-state index in [9.17, 15) is 14.7 Å². The first-order chi connectivity index (χ1) is 9.49. The van der Waals surface area contributed by atoms with Gasteiger partial charge in [0.15, 0.2) is 0 Å². The first-order valence-electron chi connectivity index (χ1n) is 6.10. The lowest BCUT2D eigenvalue weighted by molar-refractivity contribution is 0.0696. The van der Waals surface area contributed by atoms with E-state index in [1.54, 1.807) is 7.11 Å². The average molecular weight is 282 g/mol. The fourth-order valence-electron chi connectivity index (χ4n) is 1.57. The van der Waals surface area contributed by atoms with Gasteiger partial charge in [0, 0.05) is 20.2 Å². The summed E-state index contributed by atoms with van der Waals surface area (Å²) >= 11 is 0. The third kappa shape index (κ3) is 4.13. The molecular formula is C13H18N2O5. The highest BCUT2D eigenvalue weighted by Gasteiger charge is 2.14. The molecule has 7 nitrogen and oxygen atoms in total. The molecule has 0 unspecified atom stereocenters. The zero-order chi connectivity index (χ0) is 15.1. The summed E-state index contributed by atoms with van der Waals surface area (Å²) in [6.45, 7) is 3.14. The van der Waals surface area contributed by atoms with Gasteiger partial charge in [-0.3, -0.25) is 0 Å². The zero-order valence-corrected chi connectivity index (χ0v) is 11.4. The van der Waals surface area contributed by atoms with Crippen LogP contribution in [-0.4, -0.2) is 53.9 Å². The summed E-state index contributed by atoms with van der Waals surface area (Å²) in [5.74, 6) is -1.44. The third-order valence-electron chi connectivity index (χ3n) is 2.72. The highest BCUT2D eigenvalue weighted by atomic mass is 16.5. The van der Waals surface area contributed by atoms with Gasteiger partial charge in [0.25, 0.3) is 0 Å². The van der Waals surface area contributed by atoms with Crippen LogP contribution in [0.5, 0.6) is 5.75 Å². The second-order valence-electron chi connectivity index (χ2n) is 4.04. The Balaban J connectivity index is 2.76. The SMILES string of the molecule is CCN(CCOC)C(=O)Nc1ccc(C(=O)O)cc1O. The number of aromatic carboxylic acids is 1. The summed E-state index contributed by atoms with van der Waals surface area (Å²) in [6.07, 6.45) is 0. The summed E-state index contributed by atoms with van der Waals surface area (Å²) in [5.41, 5.74) is 0.114. The molecule has 0 heterocycles. The Morgan fingerprint density at radius 2 is 2.10 bits per heavy atom. The number of hydrogen-bond donors (Lipinski definition) is 3. The van der Waals surface area contributed by atoms with Crippen LogP contribution in [0, 0.1) is 0 Å². The highest BCUT2D eigenvalue weighted by Crippen LogP contribution is 2.24. The molecule has 0 aromatic heterocycles. The number of amides is 2. The molecule has 1 rings (SSSR count). The van der Waals surface area contributed by atoms with E-state index in [2.05, 4.69) is 5.32 Å². The molecule has 20 heavy (non-hydrogen) atoms. The number of urea groups is 1. The Bertz CT molecular complexity index is 490. The molecule has 110 valence electrons. The number of phenolic OH excluding ortho intramolecular Hbond substituents is 1. The van der Waals surface area contributed by atoms with E-state index in [4.69, 9.17) is 9.84 Å². The molecule has 0 spiro atoms. The van der Waals surface area contributed by atoms with E-state index < -0.39 is 5.97 Å². The minimum Gasteiger partial charge on any atom is -0.506 e. The lowest BCUT2D eigenvalue weighted by Crippen LogP contribution is -2.37. The number of hydrogen-bond acceptors (Lipinski definition) is 4. The summed E-state index contributed by atoms with van der Waals surface area (Å²) in [4.78, 5) is 24.2. The minimum absolute atomic E-state index is 0.0489. The van der Waals surface area contributed by atoms with Crippen molar-refractivity contribution in [3.63, 3.8) is 0 Å². The molecule has 2 amide bonds. The maximum absolute atomic E-state index is 12.0. The van der Waals surface area contributed by atoms with Crippen molar-refractivity contribution >= 4 is 17.7 Å². The number of methoxy groups -OCH3 is 1. The van der Waals surface area contributed by atoms with Crippen molar-refractivity contribution in [3.05, 3.63) is 23.8 Å². The second-order valence-corrected chi connectivity index (χ2v) is 4.04. The third-order valence-corrected chi connectivity index (χ3v) is 2.72. The van der Waals surface area contributed by atoms with Crippen molar-refractivity contribution < 1.29 is 24.5 Å². The standard InChI is InChI=1S/C13H18N2O5/c1-3-15(6-7-20-2)13(19)14-10-5-4-9(12(17)18)8-11(10)16/h4-5,8,16H,3,6-7H2,1-2H3,(H,14,19)(H,17,18). The van der Waals surface area contributed by atoms with Crippen LogP contribution in [0.15, 0.2) is 18.2 Å². The van der Waals surface area contributed by atoms with Crippen LogP contribution in [0.3, 0.4) is 0 Å². The van der Waals surface area contributed by atoms with Crippen LogP contribution in [0.25, 0.3) is 0 Å². The Hall–Kier alpha value is -2.28. The van der Waals surface area contributed by atoms with Gasteiger partial charge in [0.2, 0.25) is 0 Å². The van der Waals surface area contributed by atoms with Gasteiger partial charge < -0.3 is 25.2 Å². The van der Waals surface area contributed by atoms with E-state index in [1.807, 2.05) is 6.92 Å². The van der Waals surface area contributed by atoms with Crippen LogP contribution in [0.1, 0.15) is 17.3 Å². The van der Waals surface area contributed by atoms with Gasteiger partial charge in [-0.1, -0.05) is 0 Å². The molecule has 0 aliphatic carbocycles. The maximum Gasteiger partial charge on any atom is 0.335 e. The number of nitrogens with zero attached hydrogens (tertiary/aromatic N) is 1. The monoisotopic (exact) mass is 282 g/mol. The molecule has 0 aliphatic rings. The van der Waals surface area contributed by atoms with E-state index in [-0.39, 0.29) is 23.0 Å². The molecule has 0 atom stereocenters. The molecule has 1 aromatic rings. The lowest BCUT2D eigenvalue weighted by Gasteiger charge is -2.21. The van der Waals surface area contributed by atoms with Gasteiger partial charge in [-0.25, -0.2) is 9.59 Å².